The number of benzene rings is 1. The molecule has 2 aliphatic heterocycles. The molecule has 7 nitrogen and oxygen atoms in total. The topological polar surface area (TPSA) is 53.8 Å². The van der Waals surface area contributed by atoms with Gasteiger partial charge < -0.3 is 14.5 Å². The van der Waals surface area contributed by atoms with Crippen molar-refractivity contribution >= 4 is 11.6 Å². The van der Waals surface area contributed by atoms with Gasteiger partial charge in [-0.3, -0.25) is 14.4 Å². The number of piperazine rings is 1. The Labute approximate surface area is 166 Å². The number of anilines is 1. The maximum absolute atomic E-state index is 12.9. The highest BCUT2D eigenvalue weighted by Crippen LogP contribution is 2.28. The predicted molar refractivity (Wildman–Crippen MR) is 109 cm³/mol. The highest BCUT2D eigenvalue weighted by Gasteiger charge is 2.29. The van der Waals surface area contributed by atoms with Crippen LogP contribution in [0.15, 0.2) is 42.7 Å². The van der Waals surface area contributed by atoms with E-state index in [1.807, 2.05) is 46.2 Å². The summed E-state index contributed by atoms with van der Waals surface area (Å²) in [5.41, 5.74) is 1.11. The van der Waals surface area contributed by atoms with Gasteiger partial charge in [0.2, 0.25) is 5.91 Å². The Morgan fingerprint density at radius 2 is 1.96 bits per heavy atom. The average Bonchev–Trinajstić information content (AvgIpc) is 3.41. The maximum Gasteiger partial charge on any atom is 0.236 e. The minimum absolute atomic E-state index is 0.243. The molecule has 0 aliphatic carbocycles. The van der Waals surface area contributed by atoms with E-state index in [0.717, 1.165) is 63.5 Å². The molecule has 2 fully saturated rings. The Balaban J connectivity index is 1.30. The Bertz CT molecular complexity index is 771. The largest absolute Gasteiger partial charge is 0.495 e. The molecule has 0 unspecified atom stereocenters. The Morgan fingerprint density at radius 1 is 1.14 bits per heavy atom. The van der Waals surface area contributed by atoms with E-state index in [1.54, 1.807) is 7.11 Å². The van der Waals surface area contributed by atoms with Crippen molar-refractivity contribution in [2.75, 3.05) is 51.3 Å². The molecule has 3 heterocycles. The molecule has 2 aromatic rings. The van der Waals surface area contributed by atoms with Crippen LogP contribution in [0.2, 0.25) is 0 Å². The number of nitrogens with zero attached hydrogens (tertiary/aromatic N) is 5. The minimum Gasteiger partial charge on any atom is -0.495 e. The average molecular weight is 383 g/mol. The van der Waals surface area contributed by atoms with Crippen LogP contribution in [0.4, 0.5) is 5.69 Å². The van der Waals surface area contributed by atoms with Crippen LogP contribution in [-0.2, 0) is 11.3 Å². The number of likely N-dealkylation sites (tertiary alicyclic amines) is 1. The molecule has 0 bridgehead atoms. The van der Waals surface area contributed by atoms with Crippen LogP contribution in [-0.4, -0.2) is 77.9 Å². The van der Waals surface area contributed by atoms with E-state index >= 15 is 0 Å². The minimum atomic E-state index is 0.243. The van der Waals surface area contributed by atoms with Gasteiger partial charge in [-0.25, -0.2) is 0 Å². The van der Waals surface area contributed by atoms with E-state index in [1.165, 1.54) is 0 Å². The second-order valence-corrected chi connectivity index (χ2v) is 7.53. The molecule has 0 spiro atoms. The van der Waals surface area contributed by atoms with Crippen molar-refractivity contribution in [3.05, 3.63) is 42.7 Å². The molecule has 1 amide bonds. The van der Waals surface area contributed by atoms with Gasteiger partial charge in [-0.1, -0.05) is 12.1 Å². The van der Waals surface area contributed by atoms with Gasteiger partial charge in [0.15, 0.2) is 0 Å². The molecule has 7 heteroatoms. The number of carbonyl (C=O) groups is 1. The first-order valence-corrected chi connectivity index (χ1v) is 10.1. The molecule has 150 valence electrons. The molecule has 1 atom stereocenters. The van der Waals surface area contributed by atoms with E-state index in [-0.39, 0.29) is 5.91 Å². The highest BCUT2D eigenvalue weighted by molar-refractivity contribution is 5.78. The number of rotatable bonds is 6. The van der Waals surface area contributed by atoms with Crippen molar-refractivity contribution in [2.24, 2.45) is 0 Å². The molecule has 4 rings (SSSR count). The van der Waals surface area contributed by atoms with Gasteiger partial charge in [-0.05, 0) is 37.6 Å². The molecule has 1 aromatic carbocycles. The summed E-state index contributed by atoms with van der Waals surface area (Å²) in [7, 11) is 1.70. The lowest BCUT2D eigenvalue weighted by Crippen LogP contribution is -2.52. The third-order valence-electron chi connectivity index (χ3n) is 5.85. The first-order chi connectivity index (χ1) is 13.7. The summed E-state index contributed by atoms with van der Waals surface area (Å²) in [6.07, 6.45) is 6.09. The normalized spacial score (nSPS) is 20.5. The summed E-state index contributed by atoms with van der Waals surface area (Å²) < 4.78 is 7.45. The zero-order valence-corrected chi connectivity index (χ0v) is 16.5. The summed E-state index contributed by atoms with van der Waals surface area (Å²) in [6.45, 7) is 5.57. The van der Waals surface area contributed by atoms with Crippen LogP contribution >= 0.6 is 0 Å². The molecule has 28 heavy (non-hydrogen) atoms. The first-order valence-electron chi connectivity index (χ1n) is 10.1. The van der Waals surface area contributed by atoms with Crippen LogP contribution < -0.4 is 9.64 Å². The second kappa shape index (κ2) is 8.65. The summed E-state index contributed by atoms with van der Waals surface area (Å²) in [6, 6.07) is 10.4. The maximum atomic E-state index is 12.9. The number of methoxy groups -OCH3 is 1. The van der Waals surface area contributed by atoms with Gasteiger partial charge in [0.1, 0.15) is 5.75 Å². The van der Waals surface area contributed by atoms with Crippen LogP contribution in [0.5, 0.6) is 5.75 Å². The van der Waals surface area contributed by atoms with Crippen LogP contribution in [0.1, 0.15) is 12.8 Å². The van der Waals surface area contributed by atoms with E-state index in [4.69, 9.17) is 4.74 Å². The fraction of sp³-hybridized carbons (Fsp3) is 0.524. The summed E-state index contributed by atoms with van der Waals surface area (Å²) >= 11 is 0. The second-order valence-electron chi connectivity index (χ2n) is 7.53. The first kappa shape index (κ1) is 18.8. The molecular weight excluding hydrogens is 354 g/mol. The standard InChI is InChI=1S/C21H29N5O2/c1-28-20-8-3-2-7-19(20)23-12-14-24(15-13-23)21(27)17-25-10-4-6-18(25)16-26-11-5-9-22-26/h2-3,5,7-9,11,18H,4,6,10,12-17H2,1H3/t18-/m0/s1. The van der Waals surface area contributed by atoms with Gasteiger partial charge in [0.25, 0.3) is 0 Å². The van der Waals surface area contributed by atoms with Gasteiger partial charge in [0, 0.05) is 44.6 Å². The predicted octanol–water partition coefficient (Wildman–Crippen LogP) is 1.70. The van der Waals surface area contributed by atoms with Crippen LogP contribution in [0.25, 0.3) is 0 Å². The molecule has 0 N–H and O–H groups in total. The third kappa shape index (κ3) is 4.14. The molecule has 2 aliphatic rings. The number of aromatic nitrogens is 2. The Hall–Kier alpha value is -2.54. The lowest BCUT2D eigenvalue weighted by Gasteiger charge is -2.37. The summed E-state index contributed by atoms with van der Waals surface area (Å²) in [5.74, 6) is 1.13. The van der Waals surface area contributed by atoms with Crippen molar-refractivity contribution in [3.8, 4) is 5.75 Å². The molecule has 1 aromatic heterocycles. The number of ether oxygens (including phenoxy) is 1. The highest BCUT2D eigenvalue weighted by atomic mass is 16.5. The molecule has 2 saturated heterocycles. The van der Waals surface area contributed by atoms with Gasteiger partial charge in [-0.2, -0.15) is 5.10 Å². The fourth-order valence-corrected chi connectivity index (χ4v) is 4.30. The smallest absolute Gasteiger partial charge is 0.236 e. The van der Waals surface area contributed by atoms with Gasteiger partial charge in [0.05, 0.1) is 25.9 Å². The van der Waals surface area contributed by atoms with Crippen molar-refractivity contribution in [1.82, 2.24) is 19.6 Å². The van der Waals surface area contributed by atoms with Gasteiger partial charge in [-0.15, -0.1) is 0 Å². The van der Waals surface area contributed by atoms with Crippen molar-refractivity contribution in [3.63, 3.8) is 0 Å². The van der Waals surface area contributed by atoms with Crippen molar-refractivity contribution in [1.29, 1.82) is 0 Å². The van der Waals surface area contributed by atoms with Crippen LogP contribution in [0.3, 0.4) is 0 Å². The summed E-state index contributed by atoms with van der Waals surface area (Å²) in [5, 5.41) is 4.31. The van der Waals surface area contributed by atoms with E-state index in [9.17, 15) is 4.79 Å². The number of carbonyl (C=O) groups excluding carboxylic acids is 1. The van der Waals surface area contributed by atoms with Gasteiger partial charge >= 0.3 is 0 Å². The summed E-state index contributed by atoms with van der Waals surface area (Å²) in [4.78, 5) is 19.5. The monoisotopic (exact) mass is 383 g/mol. The zero-order chi connectivity index (χ0) is 19.3. The lowest BCUT2D eigenvalue weighted by atomic mass is 10.2. The Kier molecular flexibility index (Phi) is 5.81. The zero-order valence-electron chi connectivity index (χ0n) is 16.5. The molecular formula is C21H29N5O2. The quantitative estimate of drug-likeness (QED) is 0.760. The number of para-hydroxylation sites is 2. The fourth-order valence-electron chi connectivity index (χ4n) is 4.30. The SMILES string of the molecule is COc1ccccc1N1CCN(C(=O)CN2CCC[C@H]2Cn2cccn2)CC1. The third-order valence-corrected chi connectivity index (χ3v) is 5.85. The Morgan fingerprint density at radius 3 is 2.71 bits per heavy atom. The number of amides is 1. The van der Waals surface area contributed by atoms with E-state index in [0.29, 0.717) is 12.6 Å². The van der Waals surface area contributed by atoms with E-state index in [2.05, 4.69) is 21.0 Å². The van der Waals surface area contributed by atoms with Crippen LogP contribution in [0, 0.1) is 0 Å². The van der Waals surface area contributed by atoms with E-state index < -0.39 is 0 Å². The number of hydrogen-bond acceptors (Lipinski definition) is 5. The van der Waals surface area contributed by atoms with Crippen molar-refractivity contribution < 1.29 is 9.53 Å². The lowest BCUT2D eigenvalue weighted by molar-refractivity contribution is -0.133. The molecule has 0 saturated carbocycles. The van der Waals surface area contributed by atoms with Crippen molar-refractivity contribution in [2.45, 2.75) is 25.4 Å². The number of hydrogen-bond donors (Lipinski definition) is 0. The molecule has 0 radical (unpaired) electrons.